The number of hydrogen-bond donors (Lipinski definition) is 4. The summed E-state index contributed by atoms with van der Waals surface area (Å²) in [6.45, 7) is 0. The van der Waals surface area contributed by atoms with Crippen LogP contribution in [0.2, 0.25) is 0 Å². The van der Waals surface area contributed by atoms with Crippen molar-refractivity contribution in [3.05, 3.63) is 323 Å². The van der Waals surface area contributed by atoms with Crippen molar-refractivity contribution >= 4 is 0 Å². The second-order valence-electron chi connectivity index (χ2n) is 18.6. The van der Waals surface area contributed by atoms with E-state index in [1.165, 1.54) is 0 Å². The highest BCUT2D eigenvalue weighted by Gasteiger charge is 2.61. The van der Waals surface area contributed by atoms with Gasteiger partial charge in [0.2, 0.25) is 0 Å². The van der Waals surface area contributed by atoms with Gasteiger partial charge in [-0.1, -0.05) is 267 Å². The molecule has 0 radical (unpaired) electrons. The zero-order chi connectivity index (χ0) is 49.2. The van der Waals surface area contributed by atoms with Gasteiger partial charge in [0, 0.05) is 11.1 Å². The molecule has 0 bridgehead atoms. The zero-order valence-electron chi connectivity index (χ0n) is 39.3. The molecule has 2 aliphatic rings. The molecule has 8 heteroatoms. The van der Waals surface area contributed by atoms with Gasteiger partial charge in [0.15, 0.2) is 12.6 Å². The van der Waals surface area contributed by atoms with Crippen molar-refractivity contribution < 1.29 is 39.4 Å². The monoisotopic (exact) mass is 950 g/mol. The summed E-state index contributed by atoms with van der Waals surface area (Å²) in [6, 6.07) is 82.1. The van der Waals surface area contributed by atoms with Crippen LogP contribution in [0, 0.1) is 0 Å². The fraction of sp³-hybridized carbons (Fsp3) is 0.156. The molecule has 2 heterocycles. The molecule has 0 amide bonds. The van der Waals surface area contributed by atoms with Crippen LogP contribution in [0.1, 0.15) is 68.2 Å². The number of rotatable bonds is 14. The third-order valence-electron chi connectivity index (χ3n) is 14.5. The lowest BCUT2D eigenvalue weighted by atomic mass is 9.72. The summed E-state index contributed by atoms with van der Waals surface area (Å²) < 4.78 is 28.2. The van der Waals surface area contributed by atoms with E-state index in [1.807, 2.05) is 267 Å². The quantitative estimate of drug-likeness (QED) is 0.0851. The SMILES string of the molecule is OC(c1ccccc1)(c1ccccc1)[C@@H]1OC(c2ccc(C3O[C@@H](C(O)(c4ccccc4)c4ccccc4)[C@H](C(O)(c4ccccc4)c4ccccc4)O3)cc2)O[C@H]1C(O)(c1ccccc1)c1ccccc1. The van der Waals surface area contributed by atoms with E-state index >= 15 is 0 Å². The highest BCUT2D eigenvalue weighted by molar-refractivity contribution is 5.46. The predicted molar refractivity (Wildman–Crippen MR) is 275 cm³/mol. The van der Waals surface area contributed by atoms with Crippen LogP contribution in [0.3, 0.4) is 0 Å². The van der Waals surface area contributed by atoms with Crippen molar-refractivity contribution in [2.24, 2.45) is 0 Å². The Bertz CT molecular complexity index is 2580. The molecule has 0 spiro atoms. The normalized spacial score (nSPS) is 19.1. The van der Waals surface area contributed by atoms with Gasteiger partial charge in [0.25, 0.3) is 0 Å². The average molecular weight is 951 g/mol. The van der Waals surface area contributed by atoms with Crippen LogP contribution in [0.4, 0.5) is 0 Å². The highest BCUT2D eigenvalue weighted by Crippen LogP contribution is 2.53. The van der Waals surface area contributed by atoms with E-state index in [2.05, 4.69) is 0 Å². The highest BCUT2D eigenvalue weighted by atomic mass is 16.7. The van der Waals surface area contributed by atoms with Gasteiger partial charge in [-0.25, -0.2) is 0 Å². The summed E-state index contributed by atoms with van der Waals surface area (Å²) in [5.74, 6) is 0. The van der Waals surface area contributed by atoms with Gasteiger partial charge in [-0.3, -0.25) is 0 Å². The minimum atomic E-state index is -1.82. The molecule has 9 aromatic carbocycles. The first kappa shape index (κ1) is 47.0. The first-order chi connectivity index (χ1) is 35.2. The second-order valence-corrected chi connectivity index (χ2v) is 18.6. The van der Waals surface area contributed by atoms with Crippen molar-refractivity contribution in [1.82, 2.24) is 0 Å². The molecule has 4 N–H and O–H groups in total. The van der Waals surface area contributed by atoms with E-state index in [9.17, 15) is 20.4 Å². The standard InChI is InChI=1S/C64H54O8/c65-61(47-25-9-1-10-26-47,48-27-11-2-12-28-48)55-56(62(66,49-29-13-3-14-30-49)50-31-15-4-16-32-50)70-59(69-55)45-41-43-46(44-42-45)60-71-57(63(67,51-33-17-5-18-34-51)52-35-19-6-20-36-52)58(72-60)64(68,53-37-21-7-22-38-53)54-39-23-8-24-40-54/h1-44,55-60,65-68H/t55-,56-,57-,58-/m1/s1. The maximum Gasteiger partial charge on any atom is 0.185 e. The Morgan fingerprint density at radius 2 is 0.347 bits per heavy atom. The summed E-state index contributed by atoms with van der Waals surface area (Å²) in [6.07, 6.45) is -6.88. The second kappa shape index (κ2) is 19.7. The Hall–Kier alpha value is -7.34. The average Bonchev–Trinajstić information content (AvgIpc) is 4.14. The first-order valence-corrected chi connectivity index (χ1v) is 24.3. The predicted octanol–water partition coefficient (Wildman–Crippen LogP) is 11.0. The van der Waals surface area contributed by atoms with Crippen molar-refractivity contribution in [1.29, 1.82) is 0 Å². The molecule has 358 valence electrons. The van der Waals surface area contributed by atoms with Crippen molar-refractivity contribution in [3.8, 4) is 0 Å². The van der Waals surface area contributed by atoms with Crippen LogP contribution >= 0.6 is 0 Å². The minimum Gasteiger partial charge on any atom is -0.378 e. The van der Waals surface area contributed by atoms with Crippen LogP contribution in [-0.4, -0.2) is 44.8 Å². The molecule has 0 aromatic heterocycles. The van der Waals surface area contributed by atoms with E-state index in [0.717, 1.165) is 0 Å². The molecule has 8 nitrogen and oxygen atoms in total. The van der Waals surface area contributed by atoms with Crippen LogP contribution in [0.25, 0.3) is 0 Å². The Labute approximate surface area is 419 Å². The summed E-state index contributed by atoms with van der Waals surface area (Å²) in [5, 5.41) is 53.8. The Morgan fingerprint density at radius 3 is 0.486 bits per heavy atom. The van der Waals surface area contributed by atoms with E-state index in [1.54, 1.807) is 0 Å². The lowest BCUT2D eigenvalue weighted by Gasteiger charge is -2.42. The van der Waals surface area contributed by atoms with Crippen LogP contribution in [-0.2, 0) is 41.4 Å². The van der Waals surface area contributed by atoms with Crippen molar-refractivity contribution in [2.45, 2.75) is 59.4 Å². The van der Waals surface area contributed by atoms with Crippen LogP contribution in [0.15, 0.2) is 267 Å². The lowest BCUT2D eigenvalue weighted by molar-refractivity contribution is -0.110. The Morgan fingerprint density at radius 1 is 0.208 bits per heavy atom. The van der Waals surface area contributed by atoms with Gasteiger partial charge in [-0.2, -0.15) is 0 Å². The molecule has 0 aliphatic carbocycles. The molecule has 9 aromatic rings. The Balaban J connectivity index is 1.02. The molecule has 0 unspecified atom stereocenters. The first-order valence-electron chi connectivity index (χ1n) is 24.3. The zero-order valence-corrected chi connectivity index (χ0v) is 39.3. The largest absolute Gasteiger partial charge is 0.378 e. The van der Waals surface area contributed by atoms with E-state index in [-0.39, 0.29) is 0 Å². The smallest absolute Gasteiger partial charge is 0.185 e. The van der Waals surface area contributed by atoms with Gasteiger partial charge in [0.05, 0.1) is 0 Å². The Kier molecular flexibility index (Phi) is 12.9. The fourth-order valence-corrected chi connectivity index (χ4v) is 10.8. The third kappa shape index (κ3) is 8.18. The van der Waals surface area contributed by atoms with Crippen LogP contribution in [0.5, 0.6) is 0 Å². The van der Waals surface area contributed by atoms with Crippen molar-refractivity contribution in [2.75, 3.05) is 0 Å². The maximum atomic E-state index is 13.5. The van der Waals surface area contributed by atoms with Gasteiger partial charge < -0.3 is 39.4 Å². The molecule has 4 atom stereocenters. The molecule has 2 aliphatic heterocycles. The summed E-state index contributed by atoms with van der Waals surface area (Å²) in [4.78, 5) is 0. The number of aliphatic hydroxyl groups is 4. The van der Waals surface area contributed by atoms with Crippen LogP contribution < -0.4 is 0 Å². The van der Waals surface area contributed by atoms with Gasteiger partial charge in [-0.15, -0.1) is 0 Å². The minimum absolute atomic E-state index is 0.561. The fourth-order valence-electron chi connectivity index (χ4n) is 10.8. The lowest BCUT2D eigenvalue weighted by Crippen LogP contribution is -2.54. The molecule has 0 saturated carbocycles. The van der Waals surface area contributed by atoms with Crippen molar-refractivity contribution in [3.63, 3.8) is 0 Å². The van der Waals surface area contributed by atoms with Gasteiger partial charge in [0.1, 0.15) is 46.8 Å². The third-order valence-corrected chi connectivity index (χ3v) is 14.5. The number of ether oxygens (including phenoxy) is 4. The van der Waals surface area contributed by atoms with Gasteiger partial charge >= 0.3 is 0 Å². The molecule has 11 rings (SSSR count). The summed E-state index contributed by atoms with van der Waals surface area (Å²) >= 11 is 0. The number of benzene rings is 9. The summed E-state index contributed by atoms with van der Waals surface area (Å²) in [5.41, 5.74) is -1.61. The maximum absolute atomic E-state index is 13.5. The molecular formula is C64H54O8. The molecular weight excluding hydrogens is 897 g/mol. The molecule has 72 heavy (non-hydrogen) atoms. The number of hydrogen-bond acceptors (Lipinski definition) is 8. The summed E-state index contributed by atoms with van der Waals surface area (Å²) in [7, 11) is 0. The van der Waals surface area contributed by atoms with Gasteiger partial charge in [-0.05, 0) is 44.5 Å². The van der Waals surface area contributed by atoms with E-state index in [4.69, 9.17) is 18.9 Å². The topological polar surface area (TPSA) is 118 Å². The van der Waals surface area contributed by atoms with E-state index in [0.29, 0.717) is 55.6 Å². The van der Waals surface area contributed by atoms with E-state index < -0.39 is 59.4 Å². The molecule has 2 fully saturated rings. The molecule has 2 saturated heterocycles.